The number of para-hydroxylation sites is 1. The van der Waals surface area contributed by atoms with E-state index in [4.69, 9.17) is 16.3 Å². The second kappa shape index (κ2) is 6.07. The minimum absolute atomic E-state index is 0.448. The van der Waals surface area contributed by atoms with E-state index in [-0.39, 0.29) is 0 Å². The molecule has 0 bridgehead atoms. The second-order valence-corrected chi connectivity index (χ2v) is 4.76. The van der Waals surface area contributed by atoms with Crippen LogP contribution in [0, 0.1) is 0 Å². The van der Waals surface area contributed by atoms with E-state index in [0.29, 0.717) is 11.0 Å². The first-order valence-corrected chi connectivity index (χ1v) is 7.16. The zero-order valence-electron chi connectivity index (χ0n) is 10.2. The Labute approximate surface area is 116 Å². The highest BCUT2D eigenvalue weighted by molar-refractivity contribution is 7.98. The van der Waals surface area contributed by atoms with E-state index in [9.17, 15) is 0 Å². The molecule has 2 rings (SSSR count). The lowest BCUT2D eigenvalue weighted by molar-refractivity contribution is 0.445. The molecule has 0 spiro atoms. The monoisotopic (exact) mass is 280 g/mol. The van der Waals surface area contributed by atoms with E-state index >= 15 is 0 Å². The Bertz CT molecular complexity index is 548. The average Bonchev–Trinajstić information content (AvgIpc) is 2.40. The van der Waals surface area contributed by atoms with Crippen LogP contribution in [0.2, 0.25) is 5.15 Å². The van der Waals surface area contributed by atoms with Crippen LogP contribution in [0.25, 0.3) is 0 Å². The van der Waals surface area contributed by atoms with Crippen molar-refractivity contribution in [2.24, 2.45) is 0 Å². The van der Waals surface area contributed by atoms with E-state index in [0.717, 1.165) is 22.6 Å². The number of thioether (sulfide) groups is 1. The van der Waals surface area contributed by atoms with Crippen molar-refractivity contribution in [3.63, 3.8) is 0 Å². The number of nitrogens with zero attached hydrogens (tertiary/aromatic N) is 2. The molecule has 2 aromatic rings. The molecular weight excluding hydrogens is 268 g/mol. The fourth-order valence-electron chi connectivity index (χ4n) is 1.57. The van der Waals surface area contributed by atoms with Crippen molar-refractivity contribution >= 4 is 23.4 Å². The summed E-state index contributed by atoms with van der Waals surface area (Å²) in [5, 5.41) is 0.448. The lowest BCUT2D eigenvalue weighted by atomic mass is 10.2. The Morgan fingerprint density at radius 2 is 2.06 bits per heavy atom. The van der Waals surface area contributed by atoms with Crippen LogP contribution in [0.15, 0.2) is 35.5 Å². The molecule has 0 saturated heterocycles. The molecule has 0 aliphatic carbocycles. The summed E-state index contributed by atoms with van der Waals surface area (Å²) in [7, 11) is 0. The molecule has 94 valence electrons. The van der Waals surface area contributed by atoms with Crippen molar-refractivity contribution in [2.45, 2.75) is 18.2 Å². The van der Waals surface area contributed by atoms with Crippen LogP contribution in [-0.2, 0) is 6.42 Å². The summed E-state index contributed by atoms with van der Waals surface area (Å²) < 4.78 is 5.85. The Morgan fingerprint density at radius 1 is 1.28 bits per heavy atom. The standard InChI is InChI=1S/C13H13ClN2OS/c1-3-9-12(14)15-8-16-13(9)17-10-6-4-5-7-11(10)18-2/h4-8H,3H2,1-2H3. The Hall–Kier alpha value is -1.26. The predicted octanol–water partition coefficient (Wildman–Crippen LogP) is 4.21. The van der Waals surface area contributed by atoms with Gasteiger partial charge in [0, 0.05) is 4.90 Å². The van der Waals surface area contributed by atoms with Crippen molar-refractivity contribution < 1.29 is 4.74 Å². The molecule has 1 heterocycles. The summed E-state index contributed by atoms with van der Waals surface area (Å²) in [5.41, 5.74) is 0.829. The van der Waals surface area contributed by atoms with Gasteiger partial charge >= 0.3 is 0 Å². The minimum Gasteiger partial charge on any atom is -0.437 e. The number of ether oxygens (including phenoxy) is 1. The number of hydrogen-bond donors (Lipinski definition) is 0. The van der Waals surface area contributed by atoms with E-state index in [1.54, 1.807) is 11.8 Å². The number of halogens is 1. The van der Waals surface area contributed by atoms with Crippen LogP contribution in [0.4, 0.5) is 0 Å². The molecule has 0 saturated carbocycles. The van der Waals surface area contributed by atoms with Crippen LogP contribution in [0.1, 0.15) is 12.5 Å². The van der Waals surface area contributed by atoms with Gasteiger partial charge in [-0.25, -0.2) is 9.97 Å². The van der Waals surface area contributed by atoms with Crippen molar-refractivity contribution in [1.82, 2.24) is 9.97 Å². The van der Waals surface area contributed by atoms with E-state index < -0.39 is 0 Å². The van der Waals surface area contributed by atoms with Crippen LogP contribution in [-0.4, -0.2) is 16.2 Å². The van der Waals surface area contributed by atoms with Crippen LogP contribution < -0.4 is 4.74 Å². The van der Waals surface area contributed by atoms with E-state index in [2.05, 4.69) is 9.97 Å². The molecular formula is C13H13ClN2OS. The van der Waals surface area contributed by atoms with Gasteiger partial charge < -0.3 is 4.74 Å². The zero-order chi connectivity index (χ0) is 13.0. The molecule has 18 heavy (non-hydrogen) atoms. The molecule has 0 aliphatic rings. The Balaban J connectivity index is 2.37. The van der Waals surface area contributed by atoms with Gasteiger partial charge in [-0.05, 0) is 24.8 Å². The average molecular weight is 281 g/mol. The second-order valence-electron chi connectivity index (χ2n) is 3.55. The van der Waals surface area contributed by atoms with Gasteiger partial charge in [-0.15, -0.1) is 11.8 Å². The molecule has 0 radical (unpaired) electrons. The molecule has 0 atom stereocenters. The van der Waals surface area contributed by atoms with Crippen LogP contribution in [0.5, 0.6) is 11.6 Å². The van der Waals surface area contributed by atoms with Crippen molar-refractivity contribution in [3.8, 4) is 11.6 Å². The molecule has 5 heteroatoms. The van der Waals surface area contributed by atoms with Crippen LogP contribution in [0.3, 0.4) is 0 Å². The molecule has 1 aromatic carbocycles. The van der Waals surface area contributed by atoms with Gasteiger partial charge in [0.2, 0.25) is 5.88 Å². The van der Waals surface area contributed by atoms with E-state index in [1.165, 1.54) is 6.33 Å². The summed E-state index contributed by atoms with van der Waals surface area (Å²) in [4.78, 5) is 9.18. The maximum atomic E-state index is 6.03. The van der Waals surface area contributed by atoms with Crippen molar-refractivity contribution in [2.75, 3.05) is 6.26 Å². The largest absolute Gasteiger partial charge is 0.437 e. The third-order valence-corrected chi connectivity index (χ3v) is 3.59. The van der Waals surface area contributed by atoms with Gasteiger partial charge in [0.25, 0.3) is 0 Å². The summed E-state index contributed by atoms with van der Waals surface area (Å²) in [5.74, 6) is 1.31. The van der Waals surface area contributed by atoms with Gasteiger partial charge in [-0.3, -0.25) is 0 Å². The molecule has 0 fully saturated rings. The Morgan fingerprint density at radius 3 is 2.78 bits per heavy atom. The summed E-state index contributed by atoms with van der Waals surface area (Å²) >= 11 is 7.66. The van der Waals surface area contributed by atoms with Gasteiger partial charge in [-0.2, -0.15) is 0 Å². The van der Waals surface area contributed by atoms with Gasteiger partial charge in [0.05, 0.1) is 5.56 Å². The fourth-order valence-corrected chi connectivity index (χ4v) is 2.35. The number of benzene rings is 1. The van der Waals surface area contributed by atoms with Crippen LogP contribution >= 0.6 is 23.4 Å². The van der Waals surface area contributed by atoms with Gasteiger partial charge in [0.1, 0.15) is 17.2 Å². The summed E-state index contributed by atoms with van der Waals surface area (Å²) in [6.45, 7) is 2.00. The fraction of sp³-hybridized carbons (Fsp3) is 0.231. The molecule has 0 N–H and O–H groups in total. The highest BCUT2D eigenvalue weighted by Crippen LogP contribution is 2.33. The first-order valence-electron chi connectivity index (χ1n) is 5.56. The van der Waals surface area contributed by atoms with E-state index in [1.807, 2.05) is 37.4 Å². The summed E-state index contributed by atoms with van der Waals surface area (Å²) in [6, 6.07) is 7.84. The molecule has 0 aliphatic heterocycles. The third-order valence-electron chi connectivity index (χ3n) is 2.48. The molecule has 0 amide bonds. The topological polar surface area (TPSA) is 35.0 Å². The molecule has 1 aromatic heterocycles. The number of rotatable bonds is 4. The zero-order valence-corrected chi connectivity index (χ0v) is 11.8. The molecule has 3 nitrogen and oxygen atoms in total. The lowest BCUT2D eigenvalue weighted by Crippen LogP contribution is -1.97. The van der Waals surface area contributed by atoms with Crippen molar-refractivity contribution in [3.05, 3.63) is 41.3 Å². The first-order chi connectivity index (χ1) is 8.76. The van der Waals surface area contributed by atoms with Gasteiger partial charge in [0.15, 0.2) is 0 Å². The predicted molar refractivity (Wildman–Crippen MR) is 74.7 cm³/mol. The van der Waals surface area contributed by atoms with Gasteiger partial charge in [-0.1, -0.05) is 30.7 Å². The normalized spacial score (nSPS) is 10.4. The maximum Gasteiger partial charge on any atom is 0.227 e. The van der Waals surface area contributed by atoms with Crippen molar-refractivity contribution in [1.29, 1.82) is 0 Å². The highest BCUT2D eigenvalue weighted by atomic mass is 35.5. The minimum atomic E-state index is 0.448. The lowest BCUT2D eigenvalue weighted by Gasteiger charge is -2.11. The Kier molecular flexibility index (Phi) is 4.44. The number of aromatic nitrogens is 2. The summed E-state index contributed by atoms with van der Waals surface area (Å²) in [6.07, 6.45) is 4.16. The highest BCUT2D eigenvalue weighted by Gasteiger charge is 2.11. The smallest absolute Gasteiger partial charge is 0.227 e. The molecule has 0 unspecified atom stereocenters. The number of hydrogen-bond acceptors (Lipinski definition) is 4. The SMILES string of the molecule is CCc1c(Cl)ncnc1Oc1ccccc1SC. The quantitative estimate of drug-likeness (QED) is 0.621. The maximum absolute atomic E-state index is 6.03. The first kappa shape index (κ1) is 13.2. The third kappa shape index (κ3) is 2.76.